The zero-order valence-corrected chi connectivity index (χ0v) is 33.5. The van der Waals surface area contributed by atoms with E-state index in [1.165, 1.54) is 50.1 Å². The third-order valence-electron chi connectivity index (χ3n) is 12.9. The molecule has 9 aromatic carbocycles. The maximum Gasteiger partial charge on any atom is 0.164 e. The van der Waals surface area contributed by atoms with Crippen LogP contribution in [-0.2, 0) is 5.41 Å². The molecule has 0 amide bonds. The minimum Gasteiger partial charge on any atom is -0.456 e. The number of hydrogen-bond donors (Lipinski definition) is 0. The van der Waals surface area contributed by atoms with Crippen LogP contribution < -0.4 is 0 Å². The van der Waals surface area contributed by atoms with E-state index in [-0.39, 0.29) is 5.41 Å². The smallest absolute Gasteiger partial charge is 0.164 e. The zero-order chi connectivity index (χ0) is 40.8. The van der Waals surface area contributed by atoms with Gasteiger partial charge < -0.3 is 4.42 Å². The van der Waals surface area contributed by atoms with Crippen molar-refractivity contribution < 1.29 is 4.42 Å². The van der Waals surface area contributed by atoms with Gasteiger partial charge in [0.25, 0.3) is 0 Å². The highest BCUT2D eigenvalue weighted by Crippen LogP contribution is 2.63. The van der Waals surface area contributed by atoms with Crippen molar-refractivity contribution in [3.05, 3.63) is 235 Å². The van der Waals surface area contributed by atoms with Crippen LogP contribution in [0.3, 0.4) is 0 Å². The van der Waals surface area contributed by atoms with Crippen molar-refractivity contribution in [2.45, 2.75) is 5.41 Å². The highest BCUT2D eigenvalue weighted by atomic mass is 16.3. The second-order valence-corrected chi connectivity index (χ2v) is 16.3. The fourth-order valence-electron chi connectivity index (χ4n) is 10.2. The topological polar surface area (TPSA) is 51.8 Å². The van der Waals surface area contributed by atoms with E-state index in [2.05, 4.69) is 152 Å². The molecule has 0 radical (unpaired) electrons. The monoisotopic (exact) mass is 789 g/mol. The Kier molecular flexibility index (Phi) is 7.49. The molecule has 2 aromatic heterocycles. The first-order valence-electron chi connectivity index (χ1n) is 21.1. The summed E-state index contributed by atoms with van der Waals surface area (Å²) in [7, 11) is 0. The van der Waals surface area contributed by atoms with Gasteiger partial charge in [-0.25, -0.2) is 15.0 Å². The quantitative estimate of drug-likeness (QED) is 0.174. The minimum atomic E-state index is -0.388. The lowest BCUT2D eigenvalue weighted by atomic mass is 9.70. The number of benzene rings is 9. The largest absolute Gasteiger partial charge is 0.456 e. The van der Waals surface area contributed by atoms with Crippen LogP contribution in [0.1, 0.15) is 22.3 Å². The minimum absolute atomic E-state index is 0.388. The molecular formula is C58H35N3O. The summed E-state index contributed by atoms with van der Waals surface area (Å²) < 4.78 is 6.15. The van der Waals surface area contributed by atoms with Crippen molar-refractivity contribution in [2.75, 3.05) is 0 Å². The van der Waals surface area contributed by atoms with Gasteiger partial charge in [-0.3, -0.25) is 0 Å². The van der Waals surface area contributed by atoms with Gasteiger partial charge >= 0.3 is 0 Å². The molecule has 0 unspecified atom stereocenters. The lowest BCUT2D eigenvalue weighted by molar-refractivity contribution is 0.669. The molecule has 2 aliphatic rings. The molecule has 4 nitrogen and oxygen atoms in total. The van der Waals surface area contributed by atoms with E-state index in [0.717, 1.165) is 55.3 Å². The van der Waals surface area contributed by atoms with Crippen molar-refractivity contribution in [3.63, 3.8) is 0 Å². The van der Waals surface area contributed by atoms with Crippen LogP contribution in [0.25, 0.3) is 101 Å². The average Bonchev–Trinajstić information content (AvgIpc) is 3.98. The Labute approximate surface area is 358 Å². The summed E-state index contributed by atoms with van der Waals surface area (Å²) in [6.07, 6.45) is 0. The van der Waals surface area contributed by atoms with Crippen LogP contribution in [0, 0.1) is 0 Å². The lowest BCUT2D eigenvalue weighted by Gasteiger charge is -2.30. The summed E-state index contributed by atoms with van der Waals surface area (Å²) in [5.41, 5.74) is 19.2. The number of fused-ring (bicyclic) bond motifs is 13. The predicted octanol–water partition coefficient (Wildman–Crippen LogP) is 14.4. The van der Waals surface area contributed by atoms with Crippen LogP contribution in [-0.4, -0.2) is 15.0 Å². The Hall–Kier alpha value is -8.21. The molecule has 1 spiro atoms. The third kappa shape index (κ3) is 5.10. The van der Waals surface area contributed by atoms with Gasteiger partial charge in [0.1, 0.15) is 11.2 Å². The molecule has 288 valence electrons. The van der Waals surface area contributed by atoms with Gasteiger partial charge in [0, 0.05) is 27.5 Å². The van der Waals surface area contributed by atoms with Gasteiger partial charge in [-0.05, 0) is 109 Å². The van der Waals surface area contributed by atoms with Crippen LogP contribution in [0.5, 0.6) is 0 Å². The average molecular weight is 790 g/mol. The summed E-state index contributed by atoms with van der Waals surface area (Å²) in [4.78, 5) is 15.2. The summed E-state index contributed by atoms with van der Waals surface area (Å²) >= 11 is 0. The number of aromatic nitrogens is 3. The van der Waals surface area contributed by atoms with E-state index in [4.69, 9.17) is 19.4 Å². The van der Waals surface area contributed by atoms with E-state index in [0.29, 0.717) is 17.5 Å². The molecule has 0 bridgehead atoms. The maximum atomic E-state index is 6.15. The van der Waals surface area contributed by atoms with Crippen LogP contribution in [0.4, 0.5) is 0 Å². The summed E-state index contributed by atoms with van der Waals surface area (Å²) in [5.74, 6) is 1.85. The molecule has 4 heteroatoms. The molecule has 0 atom stereocenters. The molecule has 0 fully saturated rings. The number of para-hydroxylation sites is 1. The molecular weight excluding hydrogens is 755 g/mol. The van der Waals surface area contributed by atoms with Crippen molar-refractivity contribution in [3.8, 4) is 78.7 Å². The van der Waals surface area contributed by atoms with Gasteiger partial charge in [0.2, 0.25) is 0 Å². The van der Waals surface area contributed by atoms with Crippen molar-refractivity contribution in [1.29, 1.82) is 0 Å². The molecule has 0 saturated carbocycles. The summed E-state index contributed by atoms with van der Waals surface area (Å²) in [6, 6.07) is 75.9. The molecule has 0 saturated heterocycles. The fraction of sp³-hybridized carbons (Fsp3) is 0.0172. The van der Waals surface area contributed by atoms with E-state index >= 15 is 0 Å². The van der Waals surface area contributed by atoms with Crippen LogP contribution in [0.2, 0.25) is 0 Å². The second kappa shape index (κ2) is 13.4. The van der Waals surface area contributed by atoms with Gasteiger partial charge in [-0.2, -0.15) is 0 Å². The van der Waals surface area contributed by atoms with Crippen LogP contribution >= 0.6 is 0 Å². The van der Waals surface area contributed by atoms with E-state index in [9.17, 15) is 0 Å². The van der Waals surface area contributed by atoms with Gasteiger partial charge in [0.05, 0.1) is 5.41 Å². The first-order chi connectivity index (χ1) is 30.7. The van der Waals surface area contributed by atoms with Crippen molar-refractivity contribution in [1.82, 2.24) is 15.0 Å². The highest BCUT2D eigenvalue weighted by Gasteiger charge is 2.51. The lowest BCUT2D eigenvalue weighted by Crippen LogP contribution is -2.25. The third-order valence-corrected chi connectivity index (χ3v) is 12.9. The Morgan fingerprint density at radius 2 is 0.710 bits per heavy atom. The zero-order valence-electron chi connectivity index (χ0n) is 33.5. The maximum absolute atomic E-state index is 6.15. The van der Waals surface area contributed by atoms with Crippen molar-refractivity contribution >= 4 is 21.9 Å². The van der Waals surface area contributed by atoms with Gasteiger partial charge in [0.15, 0.2) is 17.5 Å². The SMILES string of the molecule is c1ccc(-c2nc(-c3cccc(-c4cccc(-c5ccc6c(c5)C5(c7ccccc7-c7ccccc75)c5ccccc5-6)c4)c3)nc(-c3ccc4oc5ccccc5c4c3)n2)cc1. The van der Waals surface area contributed by atoms with Gasteiger partial charge in [-0.1, -0.05) is 170 Å². The number of hydrogen-bond acceptors (Lipinski definition) is 4. The standard InChI is InChI=1S/C58H35N3O/c1-2-14-36(15-3-1)55-59-56(61-57(60-55)42-29-31-54-48(34-42)47-23-7-11-27-53(47)62-54)41-19-13-18-39(33-41)37-16-12-17-38(32-37)40-28-30-46-45-22-6-10-26-51(45)58(52(46)35-40)49-24-8-4-20-43(49)44-21-5-9-25-50(44)58/h1-35H. The first kappa shape index (κ1) is 34.6. The Morgan fingerprint density at radius 3 is 1.35 bits per heavy atom. The molecule has 62 heavy (non-hydrogen) atoms. The number of rotatable bonds is 5. The molecule has 11 aromatic rings. The summed E-state index contributed by atoms with van der Waals surface area (Å²) in [5, 5.41) is 2.10. The van der Waals surface area contributed by atoms with E-state index in [1.54, 1.807) is 0 Å². The molecule has 13 rings (SSSR count). The second-order valence-electron chi connectivity index (χ2n) is 16.3. The van der Waals surface area contributed by atoms with E-state index in [1.807, 2.05) is 60.7 Å². The predicted molar refractivity (Wildman–Crippen MR) is 251 cm³/mol. The Morgan fingerprint density at radius 1 is 0.274 bits per heavy atom. The molecule has 0 N–H and O–H groups in total. The molecule has 2 heterocycles. The first-order valence-corrected chi connectivity index (χ1v) is 21.1. The highest BCUT2D eigenvalue weighted by molar-refractivity contribution is 6.06. The van der Waals surface area contributed by atoms with Crippen molar-refractivity contribution in [2.24, 2.45) is 0 Å². The summed E-state index contributed by atoms with van der Waals surface area (Å²) in [6.45, 7) is 0. The molecule has 0 aliphatic heterocycles. The molecule has 2 aliphatic carbocycles. The number of nitrogens with zero attached hydrogens (tertiary/aromatic N) is 3. The normalized spacial score (nSPS) is 13.0. The van der Waals surface area contributed by atoms with Crippen LogP contribution in [0.15, 0.2) is 217 Å². The Balaban J connectivity index is 0.918. The number of furan rings is 1. The van der Waals surface area contributed by atoms with E-state index < -0.39 is 0 Å². The van der Waals surface area contributed by atoms with Gasteiger partial charge in [-0.15, -0.1) is 0 Å². The Bertz CT molecular complexity index is 3540. The fourth-order valence-corrected chi connectivity index (χ4v) is 10.2.